The van der Waals surface area contributed by atoms with Gasteiger partial charge in [-0.1, -0.05) is 11.6 Å². The Balaban J connectivity index is 1.98. The number of carbonyl (C=O) groups excluding carboxylic acids is 1. The Morgan fingerprint density at radius 2 is 1.64 bits per heavy atom. The van der Waals surface area contributed by atoms with E-state index < -0.39 is 55.8 Å². The van der Waals surface area contributed by atoms with Crippen molar-refractivity contribution >= 4 is 32.9 Å². The second kappa shape index (κ2) is 9.85. The standard InChI is InChI=1S/C21H14ClF6N3O4S/c1-36(29,33)18-8-11(6-7-30-18)31-19(32)14-9-16(22)15(20(23,24)25)10-17(14)34-12-2-4-13(5-3-12)35-21(26,27)28/h2-10,29H,1H3,(H,30,31,32). The summed E-state index contributed by atoms with van der Waals surface area (Å²) in [6.45, 7) is 0. The summed E-state index contributed by atoms with van der Waals surface area (Å²) in [6, 6.07) is 7.34. The number of amides is 1. The molecule has 0 aliphatic rings. The molecule has 0 aliphatic carbocycles. The molecule has 3 aromatic rings. The first-order valence-corrected chi connectivity index (χ1v) is 11.8. The molecule has 1 heterocycles. The Hall–Kier alpha value is -3.52. The van der Waals surface area contributed by atoms with E-state index in [1.165, 1.54) is 12.3 Å². The molecule has 7 nitrogen and oxygen atoms in total. The topological polar surface area (TPSA) is 101 Å². The van der Waals surface area contributed by atoms with Gasteiger partial charge in [-0.3, -0.25) is 4.79 Å². The number of aromatic nitrogens is 1. The number of nitrogens with zero attached hydrogens (tertiary/aromatic N) is 1. The van der Waals surface area contributed by atoms with Crippen LogP contribution >= 0.6 is 11.6 Å². The van der Waals surface area contributed by atoms with Crippen molar-refractivity contribution in [3.05, 3.63) is 70.9 Å². The first-order valence-electron chi connectivity index (χ1n) is 9.48. The molecule has 1 atom stereocenters. The highest BCUT2D eigenvalue weighted by atomic mass is 35.5. The van der Waals surface area contributed by atoms with Crippen LogP contribution in [0.3, 0.4) is 0 Å². The third kappa shape index (κ3) is 7.01. The molecule has 1 aromatic heterocycles. The number of benzene rings is 2. The van der Waals surface area contributed by atoms with Gasteiger partial charge in [-0.15, -0.1) is 13.2 Å². The summed E-state index contributed by atoms with van der Waals surface area (Å²) < 4.78 is 106. The summed E-state index contributed by atoms with van der Waals surface area (Å²) >= 11 is 5.75. The van der Waals surface area contributed by atoms with E-state index in [-0.39, 0.29) is 16.5 Å². The molecule has 0 fully saturated rings. The van der Waals surface area contributed by atoms with Crippen LogP contribution in [0.5, 0.6) is 17.2 Å². The monoisotopic (exact) mass is 553 g/mol. The maximum absolute atomic E-state index is 13.4. The number of nitrogens with one attached hydrogen (secondary N) is 2. The molecule has 0 saturated carbocycles. The number of ether oxygens (including phenoxy) is 2. The van der Waals surface area contributed by atoms with Crippen LogP contribution in [0.25, 0.3) is 0 Å². The van der Waals surface area contributed by atoms with Crippen molar-refractivity contribution in [1.29, 1.82) is 4.78 Å². The van der Waals surface area contributed by atoms with Gasteiger partial charge in [0.1, 0.15) is 22.3 Å². The van der Waals surface area contributed by atoms with Crippen molar-refractivity contribution < 1.29 is 44.8 Å². The molecule has 0 aliphatic heterocycles. The number of rotatable bonds is 6. The van der Waals surface area contributed by atoms with Gasteiger partial charge in [0.2, 0.25) is 0 Å². The second-order valence-corrected chi connectivity index (χ2v) is 9.64. The minimum Gasteiger partial charge on any atom is -0.457 e. The second-order valence-electron chi connectivity index (χ2n) is 7.13. The van der Waals surface area contributed by atoms with Crippen molar-refractivity contribution in [1.82, 2.24) is 4.98 Å². The Labute approximate surface area is 205 Å². The SMILES string of the molecule is CS(=N)(=O)c1cc(NC(=O)c2cc(Cl)c(C(F)(F)F)cc2Oc2ccc(OC(F)(F)F)cc2)ccn1. The summed E-state index contributed by atoms with van der Waals surface area (Å²) in [5.74, 6) is -2.40. The highest BCUT2D eigenvalue weighted by Gasteiger charge is 2.35. The maximum atomic E-state index is 13.4. The van der Waals surface area contributed by atoms with Gasteiger partial charge in [-0.2, -0.15) is 13.2 Å². The minimum atomic E-state index is -4.96. The lowest BCUT2D eigenvalue weighted by Gasteiger charge is -2.16. The van der Waals surface area contributed by atoms with Gasteiger partial charge in [-0.25, -0.2) is 14.0 Å². The number of hydrogen-bond donors (Lipinski definition) is 2. The highest BCUT2D eigenvalue weighted by Crippen LogP contribution is 2.40. The van der Waals surface area contributed by atoms with Crippen LogP contribution in [-0.4, -0.2) is 27.7 Å². The van der Waals surface area contributed by atoms with Crippen LogP contribution in [0.1, 0.15) is 15.9 Å². The molecule has 2 N–H and O–H groups in total. The lowest BCUT2D eigenvalue weighted by atomic mass is 10.1. The van der Waals surface area contributed by atoms with E-state index in [0.29, 0.717) is 12.1 Å². The van der Waals surface area contributed by atoms with Crippen molar-refractivity contribution in [2.75, 3.05) is 11.6 Å². The van der Waals surface area contributed by atoms with E-state index in [2.05, 4.69) is 15.0 Å². The summed E-state index contributed by atoms with van der Waals surface area (Å²) in [7, 11) is -3.23. The largest absolute Gasteiger partial charge is 0.573 e. The zero-order valence-electron chi connectivity index (χ0n) is 17.8. The molecular weight excluding hydrogens is 540 g/mol. The number of halogens is 7. The minimum absolute atomic E-state index is 0.0300. The van der Waals surface area contributed by atoms with Crippen LogP contribution in [0.2, 0.25) is 5.02 Å². The van der Waals surface area contributed by atoms with E-state index >= 15 is 0 Å². The number of anilines is 1. The average Bonchev–Trinajstić information content (AvgIpc) is 2.73. The molecule has 0 radical (unpaired) electrons. The molecule has 0 bridgehead atoms. The number of pyridine rings is 1. The summed E-state index contributed by atoms with van der Waals surface area (Å²) in [5.41, 5.74) is -1.74. The fourth-order valence-corrected chi connectivity index (χ4v) is 3.65. The zero-order valence-corrected chi connectivity index (χ0v) is 19.4. The van der Waals surface area contributed by atoms with Crippen molar-refractivity contribution in [2.24, 2.45) is 0 Å². The fourth-order valence-electron chi connectivity index (χ4n) is 2.77. The average molecular weight is 554 g/mol. The van der Waals surface area contributed by atoms with Gasteiger partial charge < -0.3 is 14.8 Å². The Bertz CT molecular complexity index is 1390. The van der Waals surface area contributed by atoms with Gasteiger partial charge in [0.25, 0.3) is 5.91 Å². The van der Waals surface area contributed by atoms with Gasteiger partial charge in [0.05, 0.1) is 25.9 Å². The summed E-state index contributed by atoms with van der Waals surface area (Å²) in [5, 5.41) is 1.40. The van der Waals surface area contributed by atoms with Crippen LogP contribution < -0.4 is 14.8 Å². The van der Waals surface area contributed by atoms with E-state index in [1.807, 2.05) is 0 Å². The molecule has 0 spiro atoms. The normalized spacial score (nSPS) is 13.6. The third-order valence-corrected chi connectivity index (χ3v) is 5.63. The Kier molecular flexibility index (Phi) is 7.41. The fraction of sp³-hybridized carbons (Fsp3) is 0.143. The summed E-state index contributed by atoms with van der Waals surface area (Å²) in [4.78, 5) is 16.7. The molecule has 0 saturated heterocycles. The highest BCUT2D eigenvalue weighted by molar-refractivity contribution is 7.91. The Morgan fingerprint density at radius 3 is 2.19 bits per heavy atom. The molecule has 192 valence electrons. The predicted octanol–water partition coefficient (Wildman–Crippen LogP) is 6.73. The molecule has 36 heavy (non-hydrogen) atoms. The van der Waals surface area contributed by atoms with Crippen molar-refractivity contribution in [2.45, 2.75) is 17.6 Å². The van der Waals surface area contributed by atoms with Gasteiger partial charge in [-0.05, 0) is 48.5 Å². The quantitative estimate of drug-likeness (QED) is 0.330. The first-order chi connectivity index (χ1) is 16.5. The lowest BCUT2D eigenvalue weighted by molar-refractivity contribution is -0.274. The molecular formula is C21H14ClF6N3O4S. The van der Waals surface area contributed by atoms with E-state index in [1.54, 1.807) is 0 Å². The Morgan fingerprint density at radius 1 is 1.03 bits per heavy atom. The van der Waals surface area contributed by atoms with Gasteiger partial charge >= 0.3 is 12.5 Å². The van der Waals surface area contributed by atoms with E-state index in [4.69, 9.17) is 21.1 Å². The number of hydrogen-bond acceptors (Lipinski definition) is 6. The van der Waals surface area contributed by atoms with E-state index in [0.717, 1.165) is 36.6 Å². The van der Waals surface area contributed by atoms with Crippen LogP contribution in [0.4, 0.5) is 32.0 Å². The first kappa shape index (κ1) is 27.1. The lowest BCUT2D eigenvalue weighted by Crippen LogP contribution is -2.17. The molecule has 2 aromatic carbocycles. The molecule has 1 unspecified atom stereocenters. The smallest absolute Gasteiger partial charge is 0.457 e. The molecule has 15 heteroatoms. The van der Waals surface area contributed by atoms with Crippen LogP contribution in [0, 0.1) is 4.78 Å². The zero-order chi connectivity index (χ0) is 26.9. The van der Waals surface area contributed by atoms with Gasteiger partial charge in [0, 0.05) is 18.1 Å². The predicted molar refractivity (Wildman–Crippen MR) is 117 cm³/mol. The van der Waals surface area contributed by atoms with E-state index in [9.17, 15) is 35.3 Å². The van der Waals surface area contributed by atoms with Crippen LogP contribution in [-0.2, 0) is 15.9 Å². The molecule has 1 amide bonds. The van der Waals surface area contributed by atoms with Crippen molar-refractivity contribution in [3.63, 3.8) is 0 Å². The summed E-state index contributed by atoms with van der Waals surface area (Å²) in [6.07, 6.45) is -7.59. The number of alkyl halides is 6. The maximum Gasteiger partial charge on any atom is 0.573 e. The molecule has 3 rings (SSSR count). The number of carbonyl (C=O) groups is 1. The van der Waals surface area contributed by atoms with Gasteiger partial charge in [0.15, 0.2) is 0 Å². The third-order valence-electron chi connectivity index (χ3n) is 4.30. The van der Waals surface area contributed by atoms with Crippen LogP contribution in [0.15, 0.2) is 59.8 Å². The van der Waals surface area contributed by atoms with Crippen molar-refractivity contribution in [3.8, 4) is 17.2 Å².